The van der Waals surface area contributed by atoms with Gasteiger partial charge in [-0.1, -0.05) is 57.2 Å². The monoisotopic (exact) mass is 401 g/mol. The molecule has 0 atom stereocenters. The largest absolute Gasteiger partial charge is 0.356 e. The molecule has 2 N–H and O–H groups in total. The molecule has 0 unspecified atom stereocenters. The third kappa shape index (κ3) is 6.68. The average Bonchev–Trinajstić information content (AvgIpc) is 2.64. The van der Waals surface area contributed by atoms with E-state index in [-0.39, 0.29) is 5.41 Å². The number of sulfone groups is 1. The van der Waals surface area contributed by atoms with Crippen LogP contribution < -0.4 is 10.6 Å². The van der Waals surface area contributed by atoms with Gasteiger partial charge in [0.1, 0.15) is 0 Å². The van der Waals surface area contributed by atoms with Crippen molar-refractivity contribution in [2.45, 2.75) is 44.0 Å². The highest BCUT2D eigenvalue weighted by Gasteiger charge is 2.12. The van der Waals surface area contributed by atoms with Crippen LogP contribution in [0, 0.1) is 0 Å². The molecule has 5 nitrogen and oxygen atoms in total. The van der Waals surface area contributed by atoms with Crippen LogP contribution in [0.4, 0.5) is 0 Å². The minimum absolute atomic E-state index is 0.169. The van der Waals surface area contributed by atoms with E-state index in [2.05, 4.69) is 60.7 Å². The predicted molar refractivity (Wildman–Crippen MR) is 117 cm³/mol. The third-order valence-electron chi connectivity index (χ3n) is 4.56. The van der Waals surface area contributed by atoms with Crippen molar-refractivity contribution in [1.29, 1.82) is 0 Å². The zero-order chi connectivity index (χ0) is 20.8. The van der Waals surface area contributed by atoms with E-state index in [4.69, 9.17) is 0 Å². The lowest BCUT2D eigenvalue weighted by Gasteiger charge is -2.19. The van der Waals surface area contributed by atoms with Crippen LogP contribution in [0.1, 0.15) is 37.5 Å². The maximum atomic E-state index is 11.5. The standard InChI is InChI=1S/C22H31N3O2S/c1-22(2,3)19-10-6-17(7-11-19)14-15-24-21(23-4)25-16-18-8-12-20(13-9-18)28(5,26)27/h6-13H,14-16H2,1-5H3,(H2,23,24,25). The fourth-order valence-electron chi connectivity index (χ4n) is 2.76. The Kier molecular flexibility index (Phi) is 7.24. The average molecular weight is 402 g/mol. The van der Waals surface area contributed by atoms with Gasteiger partial charge in [0.25, 0.3) is 0 Å². The van der Waals surface area contributed by atoms with Gasteiger partial charge < -0.3 is 10.6 Å². The van der Waals surface area contributed by atoms with Crippen molar-refractivity contribution in [3.63, 3.8) is 0 Å². The maximum Gasteiger partial charge on any atom is 0.191 e. The summed E-state index contributed by atoms with van der Waals surface area (Å²) in [5.41, 5.74) is 3.78. The molecule has 0 heterocycles. The Bertz CT molecular complexity index is 894. The van der Waals surface area contributed by atoms with Gasteiger partial charge in [-0.3, -0.25) is 4.99 Å². The van der Waals surface area contributed by atoms with Crippen molar-refractivity contribution in [2.75, 3.05) is 19.8 Å². The summed E-state index contributed by atoms with van der Waals surface area (Å²) in [5, 5.41) is 6.56. The number of nitrogens with zero attached hydrogens (tertiary/aromatic N) is 1. The van der Waals surface area contributed by atoms with Gasteiger partial charge >= 0.3 is 0 Å². The molecule has 0 fully saturated rings. The number of hydrogen-bond donors (Lipinski definition) is 2. The summed E-state index contributed by atoms with van der Waals surface area (Å²) in [6.45, 7) is 8.00. The van der Waals surface area contributed by atoms with E-state index in [9.17, 15) is 8.42 Å². The van der Waals surface area contributed by atoms with Crippen molar-refractivity contribution in [1.82, 2.24) is 10.6 Å². The quantitative estimate of drug-likeness (QED) is 0.576. The smallest absolute Gasteiger partial charge is 0.191 e. The number of aliphatic imine (C=N–C) groups is 1. The van der Waals surface area contributed by atoms with Crippen LogP contribution in [0.2, 0.25) is 0 Å². The third-order valence-corrected chi connectivity index (χ3v) is 5.69. The van der Waals surface area contributed by atoms with Crippen molar-refractivity contribution in [3.05, 3.63) is 65.2 Å². The zero-order valence-corrected chi connectivity index (χ0v) is 18.2. The van der Waals surface area contributed by atoms with E-state index in [0.717, 1.165) is 24.5 Å². The number of benzene rings is 2. The number of guanidine groups is 1. The molecule has 0 aliphatic heterocycles. The molecule has 2 rings (SSSR count). The minimum Gasteiger partial charge on any atom is -0.356 e. The van der Waals surface area contributed by atoms with Gasteiger partial charge in [0.15, 0.2) is 15.8 Å². The fourth-order valence-corrected chi connectivity index (χ4v) is 3.39. The van der Waals surface area contributed by atoms with E-state index in [0.29, 0.717) is 11.4 Å². The molecule has 0 aliphatic rings. The number of nitrogens with one attached hydrogen (secondary N) is 2. The first kappa shape index (κ1) is 22.0. The molecular weight excluding hydrogens is 370 g/mol. The molecule has 0 bridgehead atoms. The lowest BCUT2D eigenvalue weighted by Crippen LogP contribution is -2.37. The van der Waals surface area contributed by atoms with Gasteiger partial charge in [0, 0.05) is 26.4 Å². The van der Waals surface area contributed by atoms with Crippen molar-refractivity contribution in [3.8, 4) is 0 Å². The molecule has 0 radical (unpaired) electrons. The Balaban J connectivity index is 1.81. The van der Waals surface area contributed by atoms with Crippen LogP contribution in [0.5, 0.6) is 0 Å². The Labute approximate surface area is 169 Å². The molecule has 0 saturated carbocycles. The molecular formula is C22H31N3O2S. The van der Waals surface area contributed by atoms with Crippen LogP contribution in [-0.4, -0.2) is 34.2 Å². The summed E-state index contributed by atoms with van der Waals surface area (Å²) in [6.07, 6.45) is 2.12. The highest BCUT2D eigenvalue weighted by atomic mass is 32.2. The Hall–Kier alpha value is -2.34. The van der Waals surface area contributed by atoms with E-state index in [1.54, 1.807) is 19.2 Å². The highest BCUT2D eigenvalue weighted by molar-refractivity contribution is 7.90. The first-order valence-corrected chi connectivity index (χ1v) is 11.3. The Morgan fingerprint density at radius 2 is 1.50 bits per heavy atom. The number of hydrogen-bond acceptors (Lipinski definition) is 3. The second-order valence-electron chi connectivity index (χ2n) is 7.97. The molecule has 0 amide bonds. The van der Waals surface area contributed by atoms with Crippen molar-refractivity contribution < 1.29 is 8.42 Å². The molecule has 28 heavy (non-hydrogen) atoms. The first-order valence-electron chi connectivity index (χ1n) is 9.42. The molecule has 2 aromatic rings. The van der Waals surface area contributed by atoms with E-state index in [1.807, 2.05) is 12.1 Å². The van der Waals surface area contributed by atoms with Gasteiger partial charge in [-0.25, -0.2) is 8.42 Å². The topological polar surface area (TPSA) is 70.6 Å². The molecule has 0 spiro atoms. The minimum atomic E-state index is -3.16. The van der Waals surface area contributed by atoms with Crippen LogP contribution >= 0.6 is 0 Å². The van der Waals surface area contributed by atoms with Crippen LogP contribution in [0.3, 0.4) is 0 Å². The van der Waals surface area contributed by atoms with Gasteiger partial charge in [-0.15, -0.1) is 0 Å². The molecule has 0 aliphatic carbocycles. The SMILES string of the molecule is CN=C(NCCc1ccc(C(C)(C)C)cc1)NCc1ccc(S(C)(=O)=O)cc1. The molecule has 6 heteroatoms. The van der Waals surface area contributed by atoms with Crippen LogP contribution in [0.25, 0.3) is 0 Å². The zero-order valence-electron chi connectivity index (χ0n) is 17.4. The Morgan fingerprint density at radius 1 is 0.929 bits per heavy atom. The highest BCUT2D eigenvalue weighted by Crippen LogP contribution is 2.22. The lowest BCUT2D eigenvalue weighted by atomic mass is 9.86. The summed E-state index contributed by atoms with van der Waals surface area (Å²) in [4.78, 5) is 4.57. The summed E-state index contributed by atoms with van der Waals surface area (Å²) in [5.74, 6) is 0.721. The molecule has 0 aromatic heterocycles. The van der Waals surface area contributed by atoms with E-state index >= 15 is 0 Å². The van der Waals surface area contributed by atoms with Crippen molar-refractivity contribution in [2.24, 2.45) is 4.99 Å². The molecule has 2 aromatic carbocycles. The summed E-state index contributed by atoms with van der Waals surface area (Å²) < 4.78 is 23.0. The lowest BCUT2D eigenvalue weighted by molar-refractivity contribution is 0.590. The van der Waals surface area contributed by atoms with E-state index < -0.39 is 9.84 Å². The normalized spacial score (nSPS) is 12.7. The predicted octanol–water partition coefficient (Wildman–Crippen LogP) is 3.30. The van der Waals surface area contributed by atoms with Gasteiger partial charge in [-0.2, -0.15) is 0 Å². The summed E-state index contributed by atoms with van der Waals surface area (Å²) in [7, 11) is -1.43. The van der Waals surface area contributed by atoms with Crippen LogP contribution in [0.15, 0.2) is 58.4 Å². The summed E-state index contributed by atoms with van der Waals surface area (Å²) >= 11 is 0. The van der Waals surface area contributed by atoms with Crippen molar-refractivity contribution >= 4 is 15.8 Å². The number of rotatable bonds is 6. The fraction of sp³-hybridized carbons (Fsp3) is 0.409. The molecule has 0 saturated heterocycles. The maximum absolute atomic E-state index is 11.5. The molecule has 152 valence electrons. The summed E-state index contributed by atoms with van der Waals surface area (Å²) in [6, 6.07) is 15.6. The first-order chi connectivity index (χ1) is 13.1. The van der Waals surface area contributed by atoms with E-state index in [1.165, 1.54) is 17.4 Å². The van der Waals surface area contributed by atoms with Gasteiger partial charge in [0.2, 0.25) is 0 Å². The second kappa shape index (κ2) is 9.24. The van der Waals surface area contributed by atoms with Gasteiger partial charge in [0.05, 0.1) is 4.90 Å². The second-order valence-corrected chi connectivity index (χ2v) is 9.98. The van der Waals surface area contributed by atoms with Crippen LogP contribution in [-0.2, 0) is 28.2 Å². The van der Waals surface area contributed by atoms with Gasteiger partial charge in [-0.05, 0) is 40.7 Å². The Morgan fingerprint density at radius 3 is 2.00 bits per heavy atom.